The average molecular weight is 567 g/mol. The van der Waals surface area contributed by atoms with E-state index in [1.54, 1.807) is 29.2 Å². The number of nitrogens with zero attached hydrogens (tertiary/aromatic N) is 1. The number of hydrogen-bond donors (Lipinski definition) is 1. The Morgan fingerprint density at radius 1 is 0.976 bits per heavy atom. The molecule has 0 bridgehead atoms. The Labute approximate surface area is 241 Å². The molecule has 2 aliphatic heterocycles. The number of thioether (sulfide) groups is 1. The highest BCUT2D eigenvalue weighted by Crippen LogP contribution is 2.42. The van der Waals surface area contributed by atoms with Crippen molar-refractivity contribution in [2.24, 2.45) is 0 Å². The highest BCUT2D eigenvalue weighted by molar-refractivity contribution is 8.04. The second-order valence-corrected chi connectivity index (χ2v) is 10.9. The number of benzene rings is 4. The number of fused-ring (bicyclic) bond motifs is 2. The fourth-order valence-electron chi connectivity index (χ4n) is 4.77. The van der Waals surface area contributed by atoms with Crippen LogP contribution in [0.3, 0.4) is 0 Å². The molecule has 1 atom stereocenters. The van der Waals surface area contributed by atoms with Crippen molar-refractivity contribution in [1.29, 1.82) is 0 Å². The number of hydrogen-bond acceptors (Lipinski definition) is 5. The molecule has 2 heterocycles. The molecule has 4 aromatic rings. The lowest BCUT2D eigenvalue weighted by Gasteiger charge is -2.30. The number of amides is 2. The molecule has 1 N–H and O–H groups in total. The summed E-state index contributed by atoms with van der Waals surface area (Å²) in [5.74, 6) is 0.744. The number of anilines is 1. The van der Waals surface area contributed by atoms with Crippen LogP contribution in [0.15, 0.2) is 101 Å². The molecule has 41 heavy (non-hydrogen) atoms. The highest BCUT2D eigenvalue weighted by Gasteiger charge is 2.29. The lowest BCUT2D eigenvalue weighted by molar-refractivity contribution is -0.114. The smallest absolute Gasteiger partial charge is 0.265 e. The summed E-state index contributed by atoms with van der Waals surface area (Å²) in [5, 5.41) is 3.03. The van der Waals surface area contributed by atoms with Crippen molar-refractivity contribution in [3.8, 4) is 11.5 Å². The van der Waals surface area contributed by atoms with Gasteiger partial charge in [0.15, 0.2) is 11.5 Å². The summed E-state index contributed by atoms with van der Waals surface area (Å²) >= 11 is 1.41. The van der Waals surface area contributed by atoms with Crippen LogP contribution in [0.2, 0.25) is 0 Å². The topological polar surface area (TPSA) is 67.9 Å². The maximum absolute atomic E-state index is 13.6. The Balaban J connectivity index is 1.17. The van der Waals surface area contributed by atoms with Crippen molar-refractivity contribution in [2.45, 2.75) is 24.4 Å². The Hall–Kier alpha value is -4.56. The molecule has 2 aliphatic rings. The van der Waals surface area contributed by atoms with E-state index in [2.05, 4.69) is 5.32 Å². The molecule has 0 aliphatic carbocycles. The summed E-state index contributed by atoms with van der Waals surface area (Å²) in [6.07, 6.45) is 1.83. The monoisotopic (exact) mass is 566 g/mol. The second kappa shape index (κ2) is 11.5. The van der Waals surface area contributed by atoms with Crippen molar-refractivity contribution < 1.29 is 23.5 Å². The number of rotatable bonds is 6. The van der Waals surface area contributed by atoms with Gasteiger partial charge in [-0.25, -0.2) is 4.39 Å². The molecule has 6 nitrogen and oxygen atoms in total. The van der Waals surface area contributed by atoms with Crippen LogP contribution in [0.5, 0.6) is 11.5 Å². The minimum absolute atomic E-state index is 0.131. The van der Waals surface area contributed by atoms with Crippen LogP contribution >= 0.6 is 11.8 Å². The van der Waals surface area contributed by atoms with Crippen LogP contribution in [-0.4, -0.2) is 25.0 Å². The Bertz CT molecular complexity index is 1640. The molecule has 0 saturated heterocycles. The van der Waals surface area contributed by atoms with E-state index in [9.17, 15) is 14.0 Å². The maximum atomic E-state index is 13.6. The van der Waals surface area contributed by atoms with E-state index in [-0.39, 0.29) is 23.7 Å². The van der Waals surface area contributed by atoms with Gasteiger partial charge in [0.25, 0.3) is 11.8 Å². The molecule has 206 valence electrons. The van der Waals surface area contributed by atoms with E-state index in [1.807, 2.05) is 67.6 Å². The molecular formula is C33H27FN2O4S. The number of carbonyl (C=O) groups excluding carboxylic acids is 2. The van der Waals surface area contributed by atoms with Crippen molar-refractivity contribution in [3.05, 3.63) is 124 Å². The number of carbonyl (C=O) groups is 2. The summed E-state index contributed by atoms with van der Waals surface area (Å²) < 4.78 is 24.7. The predicted molar refractivity (Wildman–Crippen MR) is 158 cm³/mol. The predicted octanol–water partition coefficient (Wildman–Crippen LogP) is 6.77. The minimum atomic E-state index is -0.315. The third-order valence-corrected chi connectivity index (χ3v) is 8.05. The van der Waals surface area contributed by atoms with E-state index in [0.29, 0.717) is 41.7 Å². The third kappa shape index (κ3) is 5.83. The molecule has 2 amide bonds. The quantitative estimate of drug-likeness (QED) is 0.261. The summed E-state index contributed by atoms with van der Waals surface area (Å²) in [7, 11) is 0. The lowest BCUT2D eigenvalue weighted by Crippen LogP contribution is -2.33. The van der Waals surface area contributed by atoms with Gasteiger partial charge in [0, 0.05) is 10.5 Å². The van der Waals surface area contributed by atoms with Crippen molar-refractivity contribution in [3.63, 3.8) is 0 Å². The van der Waals surface area contributed by atoms with Gasteiger partial charge in [0.05, 0.1) is 23.2 Å². The van der Waals surface area contributed by atoms with Crippen LogP contribution in [0.1, 0.15) is 40.0 Å². The van der Waals surface area contributed by atoms with Crippen LogP contribution in [0, 0.1) is 5.82 Å². The van der Waals surface area contributed by atoms with E-state index in [4.69, 9.17) is 9.47 Å². The first kappa shape index (κ1) is 26.7. The number of para-hydroxylation sites is 1. The summed E-state index contributed by atoms with van der Waals surface area (Å²) in [5.41, 5.74) is 3.90. The first-order chi connectivity index (χ1) is 19.9. The van der Waals surface area contributed by atoms with Crippen LogP contribution < -0.4 is 19.7 Å². The van der Waals surface area contributed by atoms with Gasteiger partial charge in [0.1, 0.15) is 19.0 Å². The van der Waals surface area contributed by atoms with Crippen LogP contribution in [0.25, 0.3) is 6.08 Å². The average Bonchev–Trinajstić information content (AvgIpc) is 3.00. The summed E-state index contributed by atoms with van der Waals surface area (Å²) in [6.45, 7) is 3.28. The van der Waals surface area contributed by atoms with Gasteiger partial charge in [0.2, 0.25) is 0 Å². The standard InChI is InChI=1S/C33H27FN2O4S/c1-21(25-12-15-28-29(19-25)40-17-16-39-28)35-32(37)24-10-6-22(7-11-24)18-31-33(38)36(20-23-8-13-26(34)14-9-23)27-4-2-3-5-30(27)41-31/h2-15,18-19,21H,16-17,20H2,1H3,(H,35,37)/b31-18-. The van der Waals surface area contributed by atoms with Gasteiger partial charge in [-0.1, -0.05) is 54.2 Å². The van der Waals surface area contributed by atoms with Gasteiger partial charge in [-0.05, 0) is 78.2 Å². The number of nitrogens with one attached hydrogen (secondary N) is 1. The molecule has 0 spiro atoms. The van der Waals surface area contributed by atoms with Gasteiger partial charge in [-0.3, -0.25) is 9.59 Å². The lowest BCUT2D eigenvalue weighted by atomic mass is 10.1. The molecule has 0 radical (unpaired) electrons. The summed E-state index contributed by atoms with van der Waals surface area (Å²) in [4.78, 5) is 29.8. The largest absolute Gasteiger partial charge is 0.486 e. The molecule has 0 saturated carbocycles. The molecule has 0 aromatic heterocycles. The second-order valence-electron chi connectivity index (χ2n) is 9.82. The highest BCUT2D eigenvalue weighted by atomic mass is 32.2. The molecule has 1 unspecified atom stereocenters. The fourth-order valence-corrected chi connectivity index (χ4v) is 5.83. The first-order valence-corrected chi connectivity index (χ1v) is 14.1. The summed E-state index contributed by atoms with van der Waals surface area (Å²) in [6, 6.07) is 26.5. The molecule has 8 heteroatoms. The Morgan fingerprint density at radius 3 is 2.49 bits per heavy atom. The van der Waals surface area contributed by atoms with E-state index >= 15 is 0 Å². The zero-order valence-corrected chi connectivity index (χ0v) is 23.1. The van der Waals surface area contributed by atoms with E-state index < -0.39 is 0 Å². The normalized spacial score (nSPS) is 15.8. The maximum Gasteiger partial charge on any atom is 0.265 e. The molecule has 6 rings (SSSR count). The number of halogens is 1. The Kier molecular flexibility index (Phi) is 7.48. The fraction of sp³-hybridized carbons (Fsp3) is 0.152. The van der Waals surface area contributed by atoms with Gasteiger partial charge >= 0.3 is 0 Å². The van der Waals surface area contributed by atoms with Gasteiger partial charge in [-0.2, -0.15) is 0 Å². The van der Waals surface area contributed by atoms with Crippen LogP contribution in [0.4, 0.5) is 10.1 Å². The third-order valence-electron chi connectivity index (χ3n) is 6.97. The SMILES string of the molecule is CC(NC(=O)c1ccc(/C=C2\Sc3ccccc3N(Cc3ccc(F)cc3)C2=O)cc1)c1ccc2c(c1)OCCO2. The zero-order chi connectivity index (χ0) is 28.3. The molecule has 0 fully saturated rings. The zero-order valence-electron chi connectivity index (χ0n) is 22.3. The van der Waals surface area contributed by atoms with Crippen molar-refractivity contribution in [1.82, 2.24) is 5.32 Å². The minimum Gasteiger partial charge on any atom is -0.486 e. The van der Waals surface area contributed by atoms with Gasteiger partial charge < -0.3 is 19.7 Å². The Morgan fingerprint density at radius 2 is 1.71 bits per heavy atom. The molecule has 4 aromatic carbocycles. The van der Waals surface area contributed by atoms with Crippen LogP contribution in [-0.2, 0) is 11.3 Å². The first-order valence-electron chi connectivity index (χ1n) is 13.3. The van der Waals surface area contributed by atoms with E-state index in [1.165, 1.54) is 23.9 Å². The van der Waals surface area contributed by atoms with Gasteiger partial charge in [-0.15, -0.1) is 0 Å². The number of ether oxygens (including phenoxy) is 2. The van der Waals surface area contributed by atoms with Crippen molar-refractivity contribution in [2.75, 3.05) is 18.1 Å². The molecular weight excluding hydrogens is 539 g/mol. The van der Waals surface area contributed by atoms with Crippen molar-refractivity contribution >= 4 is 35.3 Å². The van der Waals surface area contributed by atoms with E-state index in [0.717, 1.165) is 27.3 Å².